The van der Waals surface area contributed by atoms with Crippen molar-refractivity contribution >= 4 is 5.91 Å². The highest BCUT2D eigenvalue weighted by molar-refractivity contribution is 5.90. The highest BCUT2D eigenvalue weighted by Crippen LogP contribution is 2.25. The smallest absolute Gasteiger partial charge is 0.268 e. The van der Waals surface area contributed by atoms with Gasteiger partial charge in [0.1, 0.15) is 11.4 Å². The van der Waals surface area contributed by atoms with Crippen LogP contribution in [0, 0.1) is 0 Å². The normalized spacial score (nSPS) is 13.3. The molecule has 0 saturated carbocycles. The zero-order valence-corrected chi connectivity index (χ0v) is 16.3. The molecule has 2 rings (SSSR count). The highest BCUT2D eigenvalue weighted by Gasteiger charge is 2.19. The van der Waals surface area contributed by atoms with Gasteiger partial charge >= 0.3 is 0 Å². The van der Waals surface area contributed by atoms with Crippen LogP contribution in [0.3, 0.4) is 0 Å². The van der Waals surface area contributed by atoms with Gasteiger partial charge in [0.15, 0.2) is 0 Å². The molecule has 3 N–H and O–H groups in total. The molecule has 0 bridgehead atoms. The second-order valence-corrected chi connectivity index (χ2v) is 6.93. The summed E-state index contributed by atoms with van der Waals surface area (Å²) in [6.07, 6.45) is 8.70. The zero-order chi connectivity index (χ0) is 19.6. The predicted molar refractivity (Wildman–Crippen MR) is 106 cm³/mol. The Bertz CT molecular complexity index is 712. The van der Waals surface area contributed by atoms with E-state index in [1.54, 1.807) is 24.0 Å². The number of nitrogens with two attached hydrogens (primary N) is 1. The number of benzene rings is 1. The average Bonchev–Trinajstić information content (AvgIpc) is 3.12. The highest BCUT2D eigenvalue weighted by atomic mass is 16.5. The van der Waals surface area contributed by atoms with E-state index in [0.717, 1.165) is 30.8 Å². The van der Waals surface area contributed by atoms with Gasteiger partial charge in [-0.1, -0.05) is 44.4 Å². The predicted octanol–water partition coefficient (Wildman–Crippen LogP) is 3.50. The van der Waals surface area contributed by atoms with Gasteiger partial charge in [0, 0.05) is 6.20 Å². The molecular formula is C21H31N3O3. The SMILES string of the molecule is CCCCCCOc1ccccc1CC[C@H]([C@H](C)O)n1cnc(C(N)=O)c1. The second kappa shape index (κ2) is 10.7. The largest absolute Gasteiger partial charge is 0.493 e. The minimum atomic E-state index is -0.581. The summed E-state index contributed by atoms with van der Waals surface area (Å²) in [5, 5.41) is 10.2. The van der Waals surface area contributed by atoms with Gasteiger partial charge in [-0.25, -0.2) is 4.98 Å². The molecule has 27 heavy (non-hydrogen) atoms. The van der Waals surface area contributed by atoms with Gasteiger partial charge in [-0.15, -0.1) is 0 Å². The van der Waals surface area contributed by atoms with E-state index in [2.05, 4.69) is 18.0 Å². The van der Waals surface area contributed by atoms with E-state index in [-0.39, 0.29) is 11.7 Å². The third kappa shape index (κ3) is 6.40. The van der Waals surface area contributed by atoms with Crippen LogP contribution in [0.15, 0.2) is 36.8 Å². The lowest BCUT2D eigenvalue weighted by atomic mass is 10.0. The topological polar surface area (TPSA) is 90.4 Å². The number of primary amides is 1. The number of aliphatic hydroxyl groups is 1. The Balaban J connectivity index is 1.99. The minimum Gasteiger partial charge on any atom is -0.493 e. The molecule has 0 saturated heterocycles. The number of ether oxygens (including phenoxy) is 1. The molecule has 0 aliphatic rings. The van der Waals surface area contributed by atoms with Gasteiger partial charge in [-0.2, -0.15) is 0 Å². The van der Waals surface area contributed by atoms with Crippen molar-refractivity contribution < 1.29 is 14.6 Å². The first-order valence-corrected chi connectivity index (χ1v) is 9.75. The summed E-state index contributed by atoms with van der Waals surface area (Å²) in [6, 6.07) is 7.84. The number of imidazole rings is 1. The fraction of sp³-hybridized carbons (Fsp3) is 0.524. The molecule has 1 amide bonds. The maximum absolute atomic E-state index is 11.3. The van der Waals surface area contributed by atoms with Crippen molar-refractivity contribution in [3.63, 3.8) is 0 Å². The van der Waals surface area contributed by atoms with Crippen LogP contribution < -0.4 is 10.5 Å². The van der Waals surface area contributed by atoms with Crippen molar-refractivity contribution in [1.82, 2.24) is 9.55 Å². The van der Waals surface area contributed by atoms with Crippen molar-refractivity contribution in [3.05, 3.63) is 48.0 Å². The standard InChI is InChI=1S/C21H31N3O3/c1-3-4-5-8-13-27-20-10-7-6-9-17(20)11-12-19(16(2)25)24-14-18(21(22)26)23-15-24/h6-7,9-10,14-16,19,25H,3-5,8,11-13H2,1-2H3,(H2,22,26)/t16-,19+/m0/s1. The third-order valence-electron chi connectivity index (χ3n) is 4.73. The van der Waals surface area contributed by atoms with Crippen LogP contribution >= 0.6 is 0 Å². The first-order valence-electron chi connectivity index (χ1n) is 9.75. The summed E-state index contributed by atoms with van der Waals surface area (Å²) in [5.74, 6) is 0.335. The van der Waals surface area contributed by atoms with Gasteiger partial charge < -0.3 is 20.1 Å². The number of carbonyl (C=O) groups is 1. The number of hydrogen-bond acceptors (Lipinski definition) is 4. The number of para-hydroxylation sites is 1. The van der Waals surface area contributed by atoms with Crippen molar-refractivity contribution in [3.8, 4) is 5.75 Å². The van der Waals surface area contributed by atoms with Crippen molar-refractivity contribution in [2.24, 2.45) is 5.73 Å². The van der Waals surface area contributed by atoms with Gasteiger partial charge in [-0.3, -0.25) is 4.79 Å². The number of carbonyl (C=O) groups excluding carboxylic acids is 1. The molecule has 148 valence electrons. The maximum Gasteiger partial charge on any atom is 0.268 e. The Kier molecular flexibility index (Phi) is 8.33. The van der Waals surface area contributed by atoms with Crippen LogP contribution in [-0.4, -0.2) is 33.3 Å². The average molecular weight is 373 g/mol. The van der Waals surface area contributed by atoms with Crippen LogP contribution in [-0.2, 0) is 6.42 Å². The van der Waals surface area contributed by atoms with Gasteiger partial charge in [-0.05, 0) is 37.8 Å². The molecule has 0 radical (unpaired) electrons. The maximum atomic E-state index is 11.3. The van der Waals surface area contributed by atoms with E-state index in [4.69, 9.17) is 10.5 Å². The van der Waals surface area contributed by atoms with Crippen LogP contribution in [0.2, 0.25) is 0 Å². The lowest BCUT2D eigenvalue weighted by Crippen LogP contribution is -2.21. The Morgan fingerprint density at radius 3 is 2.74 bits per heavy atom. The van der Waals surface area contributed by atoms with Crippen molar-refractivity contribution in [1.29, 1.82) is 0 Å². The minimum absolute atomic E-state index is 0.191. The molecule has 2 atom stereocenters. The lowest BCUT2D eigenvalue weighted by molar-refractivity contribution is 0.0994. The molecule has 0 fully saturated rings. The Morgan fingerprint density at radius 2 is 2.07 bits per heavy atom. The molecule has 2 aromatic rings. The number of hydrogen-bond donors (Lipinski definition) is 2. The summed E-state index contributed by atoms with van der Waals surface area (Å²) in [6.45, 7) is 4.66. The van der Waals surface area contributed by atoms with Gasteiger partial charge in [0.2, 0.25) is 0 Å². The lowest BCUT2D eigenvalue weighted by Gasteiger charge is -2.22. The van der Waals surface area contributed by atoms with Crippen LogP contribution in [0.1, 0.15) is 68.0 Å². The molecule has 6 nitrogen and oxygen atoms in total. The van der Waals surface area contributed by atoms with Crippen LogP contribution in [0.25, 0.3) is 0 Å². The number of aliphatic hydroxyl groups excluding tert-OH is 1. The van der Waals surface area contributed by atoms with Crippen molar-refractivity contribution in [2.45, 2.75) is 64.5 Å². The molecule has 1 aromatic heterocycles. The summed E-state index contributed by atoms with van der Waals surface area (Å²) in [7, 11) is 0. The number of rotatable bonds is 12. The molecule has 1 heterocycles. The molecular weight excluding hydrogens is 342 g/mol. The molecule has 1 aromatic carbocycles. The zero-order valence-electron chi connectivity index (χ0n) is 16.3. The molecule has 6 heteroatoms. The fourth-order valence-corrected chi connectivity index (χ4v) is 3.15. The molecule has 0 aliphatic carbocycles. The van der Waals surface area contributed by atoms with Crippen molar-refractivity contribution in [2.75, 3.05) is 6.61 Å². The Hall–Kier alpha value is -2.34. The fourth-order valence-electron chi connectivity index (χ4n) is 3.15. The monoisotopic (exact) mass is 373 g/mol. The van der Waals surface area contributed by atoms with E-state index in [0.29, 0.717) is 6.42 Å². The first-order chi connectivity index (χ1) is 13.0. The first kappa shape index (κ1) is 21.0. The van der Waals surface area contributed by atoms with Gasteiger partial charge in [0.05, 0.1) is 25.1 Å². The summed E-state index contributed by atoms with van der Waals surface area (Å²) in [4.78, 5) is 15.3. The van der Waals surface area contributed by atoms with E-state index in [1.807, 2.05) is 18.2 Å². The van der Waals surface area contributed by atoms with E-state index in [9.17, 15) is 9.90 Å². The summed E-state index contributed by atoms with van der Waals surface area (Å²) in [5.41, 5.74) is 6.60. The van der Waals surface area contributed by atoms with Crippen LogP contribution in [0.4, 0.5) is 0 Å². The number of aryl methyl sites for hydroxylation is 1. The molecule has 0 unspecified atom stereocenters. The van der Waals surface area contributed by atoms with E-state index in [1.165, 1.54) is 19.3 Å². The Labute approximate surface area is 161 Å². The number of aromatic nitrogens is 2. The molecule has 0 aliphatic heterocycles. The number of amides is 1. The number of nitrogens with zero attached hydrogens (tertiary/aromatic N) is 2. The second-order valence-electron chi connectivity index (χ2n) is 6.93. The molecule has 0 spiro atoms. The summed E-state index contributed by atoms with van der Waals surface area (Å²) >= 11 is 0. The quantitative estimate of drug-likeness (QED) is 0.557. The van der Waals surface area contributed by atoms with Crippen LogP contribution in [0.5, 0.6) is 5.75 Å². The Morgan fingerprint density at radius 1 is 1.30 bits per heavy atom. The van der Waals surface area contributed by atoms with E-state index < -0.39 is 12.0 Å². The number of unbranched alkanes of at least 4 members (excludes halogenated alkanes) is 3. The van der Waals surface area contributed by atoms with E-state index >= 15 is 0 Å². The van der Waals surface area contributed by atoms with Gasteiger partial charge in [0.25, 0.3) is 5.91 Å². The third-order valence-corrected chi connectivity index (χ3v) is 4.73. The summed E-state index contributed by atoms with van der Waals surface area (Å²) < 4.78 is 7.74.